The summed E-state index contributed by atoms with van der Waals surface area (Å²) in [6, 6.07) is 11.8. The number of hydrogen-bond donors (Lipinski definition) is 1. The maximum Gasteiger partial charge on any atom is 0.164 e. The molecule has 2 heterocycles. The molecule has 5 nitrogen and oxygen atoms in total. The zero-order valence-electron chi connectivity index (χ0n) is 11.9. The van der Waals surface area contributed by atoms with Crippen LogP contribution in [0.5, 0.6) is 0 Å². The van der Waals surface area contributed by atoms with Crippen molar-refractivity contribution >= 4 is 5.82 Å². The van der Waals surface area contributed by atoms with Gasteiger partial charge in [0.25, 0.3) is 0 Å². The molecule has 0 amide bonds. The van der Waals surface area contributed by atoms with Gasteiger partial charge in [0, 0.05) is 18.0 Å². The molecule has 0 spiro atoms. The Morgan fingerprint density at radius 3 is 2.71 bits per heavy atom. The van der Waals surface area contributed by atoms with Gasteiger partial charge in [-0.3, -0.25) is 0 Å². The van der Waals surface area contributed by atoms with Crippen LogP contribution in [0.4, 0.5) is 5.82 Å². The number of aromatic nitrogens is 4. The Bertz CT molecular complexity index is 733. The molecule has 5 heteroatoms. The molecule has 0 radical (unpaired) electrons. The third kappa shape index (κ3) is 2.91. The molecule has 2 N–H and O–H groups in total. The van der Waals surface area contributed by atoms with Gasteiger partial charge in [-0.25, -0.2) is 14.6 Å². The topological polar surface area (TPSA) is 69.6 Å². The quantitative estimate of drug-likeness (QED) is 0.797. The van der Waals surface area contributed by atoms with Crippen LogP contribution in [0.15, 0.2) is 48.8 Å². The second-order valence-corrected chi connectivity index (χ2v) is 4.87. The molecule has 0 saturated heterocycles. The molecular weight excluding hydrogens is 262 g/mol. The minimum Gasteiger partial charge on any atom is -0.384 e. The third-order valence-corrected chi connectivity index (χ3v) is 3.17. The Morgan fingerprint density at radius 1 is 1.14 bits per heavy atom. The molecule has 0 fully saturated rings. The lowest BCUT2D eigenvalue weighted by atomic mass is 10.2. The first-order valence-corrected chi connectivity index (χ1v) is 7.00. The molecule has 0 aliphatic rings. The van der Waals surface area contributed by atoms with Crippen molar-refractivity contribution in [1.82, 2.24) is 19.7 Å². The summed E-state index contributed by atoms with van der Waals surface area (Å²) in [5, 5.41) is 4.36. The van der Waals surface area contributed by atoms with Crippen molar-refractivity contribution in [1.29, 1.82) is 0 Å². The largest absolute Gasteiger partial charge is 0.384 e. The first-order valence-electron chi connectivity index (χ1n) is 7.00. The van der Waals surface area contributed by atoms with Gasteiger partial charge in [0.05, 0.1) is 17.4 Å². The Balaban J connectivity index is 1.96. The van der Waals surface area contributed by atoms with E-state index in [1.165, 1.54) is 0 Å². The molecule has 106 valence electrons. The zero-order chi connectivity index (χ0) is 14.7. The van der Waals surface area contributed by atoms with Crippen LogP contribution in [-0.2, 0) is 6.42 Å². The number of rotatable bonds is 4. The van der Waals surface area contributed by atoms with E-state index in [4.69, 9.17) is 5.73 Å². The molecular formula is C16H17N5. The summed E-state index contributed by atoms with van der Waals surface area (Å²) in [6.07, 6.45) is 5.60. The average molecular weight is 279 g/mol. The highest BCUT2D eigenvalue weighted by Gasteiger charge is 2.08. The fourth-order valence-electron chi connectivity index (χ4n) is 2.19. The third-order valence-electron chi connectivity index (χ3n) is 3.17. The molecule has 21 heavy (non-hydrogen) atoms. The maximum atomic E-state index is 5.87. The van der Waals surface area contributed by atoms with Crippen molar-refractivity contribution < 1.29 is 0 Å². The minimum absolute atomic E-state index is 0.496. The van der Waals surface area contributed by atoms with Gasteiger partial charge in [0.1, 0.15) is 5.82 Å². The summed E-state index contributed by atoms with van der Waals surface area (Å²) >= 11 is 0. The number of benzene rings is 1. The van der Waals surface area contributed by atoms with Crippen LogP contribution in [-0.4, -0.2) is 19.7 Å². The Kier molecular flexibility index (Phi) is 3.64. The lowest BCUT2D eigenvalue weighted by Gasteiger charge is -2.03. The van der Waals surface area contributed by atoms with Gasteiger partial charge in [-0.1, -0.05) is 31.5 Å². The van der Waals surface area contributed by atoms with Crippen molar-refractivity contribution in [3.63, 3.8) is 0 Å². The van der Waals surface area contributed by atoms with Crippen LogP contribution >= 0.6 is 0 Å². The fraction of sp³-hybridized carbons (Fsp3) is 0.188. The molecule has 0 saturated carbocycles. The molecule has 3 aromatic rings. The lowest BCUT2D eigenvalue weighted by Crippen LogP contribution is -2.00. The normalized spacial score (nSPS) is 10.7. The maximum absolute atomic E-state index is 5.87. The van der Waals surface area contributed by atoms with Gasteiger partial charge in [-0.2, -0.15) is 5.10 Å². The van der Waals surface area contributed by atoms with E-state index in [-0.39, 0.29) is 0 Å². The monoisotopic (exact) mass is 279 g/mol. The van der Waals surface area contributed by atoms with Crippen molar-refractivity contribution in [3.8, 4) is 17.1 Å². The first kappa shape index (κ1) is 13.3. The Labute approximate surface area is 123 Å². The molecule has 0 bridgehead atoms. The van der Waals surface area contributed by atoms with Crippen LogP contribution in [0.2, 0.25) is 0 Å². The highest BCUT2D eigenvalue weighted by Crippen LogP contribution is 2.18. The van der Waals surface area contributed by atoms with Crippen LogP contribution in [0.25, 0.3) is 17.1 Å². The van der Waals surface area contributed by atoms with Crippen LogP contribution in [0.3, 0.4) is 0 Å². The van der Waals surface area contributed by atoms with E-state index in [1.54, 1.807) is 10.9 Å². The van der Waals surface area contributed by atoms with Crippen molar-refractivity contribution in [3.05, 3.63) is 54.5 Å². The van der Waals surface area contributed by atoms with E-state index in [0.29, 0.717) is 11.6 Å². The molecule has 0 unspecified atom stereocenters. The average Bonchev–Trinajstić information content (AvgIpc) is 2.98. The Morgan fingerprint density at radius 2 is 1.95 bits per heavy atom. The number of nitrogens with zero attached hydrogens (tertiary/aromatic N) is 4. The number of nitrogen functional groups attached to an aromatic ring is 1. The minimum atomic E-state index is 0.496. The standard InChI is InChI=1S/C16H17N5/c1-2-6-13-9-15(17)20-16(19-13)12-10-18-21(11-12)14-7-4-3-5-8-14/h3-5,7-11H,2,6H2,1H3,(H2,17,19,20). The molecule has 0 aliphatic heterocycles. The summed E-state index contributed by atoms with van der Waals surface area (Å²) in [4.78, 5) is 8.86. The fourth-order valence-corrected chi connectivity index (χ4v) is 2.19. The molecule has 3 rings (SSSR count). The van der Waals surface area contributed by atoms with E-state index in [2.05, 4.69) is 22.0 Å². The molecule has 1 aromatic carbocycles. The summed E-state index contributed by atoms with van der Waals surface area (Å²) < 4.78 is 1.81. The number of hydrogen-bond acceptors (Lipinski definition) is 4. The first-order chi connectivity index (χ1) is 10.3. The summed E-state index contributed by atoms with van der Waals surface area (Å²) in [6.45, 7) is 2.12. The summed E-state index contributed by atoms with van der Waals surface area (Å²) in [7, 11) is 0. The van der Waals surface area contributed by atoms with E-state index >= 15 is 0 Å². The second-order valence-electron chi connectivity index (χ2n) is 4.87. The predicted octanol–water partition coefficient (Wildman–Crippen LogP) is 2.86. The smallest absolute Gasteiger partial charge is 0.164 e. The second kappa shape index (κ2) is 5.75. The van der Waals surface area contributed by atoms with Crippen molar-refractivity contribution in [2.24, 2.45) is 0 Å². The molecule has 0 aliphatic carbocycles. The zero-order valence-corrected chi connectivity index (χ0v) is 11.9. The summed E-state index contributed by atoms with van der Waals surface area (Å²) in [5.74, 6) is 1.12. The Hall–Kier alpha value is -2.69. The van der Waals surface area contributed by atoms with Crippen molar-refractivity contribution in [2.45, 2.75) is 19.8 Å². The molecule has 2 aromatic heterocycles. The van der Waals surface area contributed by atoms with Crippen LogP contribution < -0.4 is 5.73 Å². The van der Waals surface area contributed by atoms with E-state index < -0.39 is 0 Å². The van der Waals surface area contributed by atoms with E-state index in [0.717, 1.165) is 29.8 Å². The van der Waals surface area contributed by atoms with Crippen LogP contribution in [0, 0.1) is 0 Å². The number of aryl methyl sites for hydroxylation is 1. The van der Waals surface area contributed by atoms with Gasteiger partial charge in [-0.05, 0) is 18.6 Å². The number of nitrogens with two attached hydrogens (primary N) is 1. The SMILES string of the molecule is CCCc1cc(N)nc(-c2cnn(-c3ccccc3)c2)n1. The highest BCUT2D eigenvalue weighted by atomic mass is 15.3. The predicted molar refractivity (Wildman–Crippen MR) is 83.0 cm³/mol. The summed E-state index contributed by atoms with van der Waals surface area (Å²) in [5.41, 5.74) is 8.70. The van der Waals surface area contributed by atoms with Crippen molar-refractivity contribution in [2.75, 3.05) is 5.73 Å². The number of para-hydroxylation sites is 1. The van der Waals surface area contributed by atoms with Gasteiger partial charge in [0.15, 0.2) is 5.82 Å². The van der Waals surface area contributed by atoms with E-state index in [1.807, 2.05) is 42.6 Å². The van der Waals surface area contributed by atoms with Gasteiger partial charge >= 0.3 is 0 Å². The lowest BCUT2D eigenvalue weighted by molar-refractivity contribution is 0.876. The van der Waals surface area contributed by atoms with Crippen LogP contribution in [0.1, 0.15) is 19.0 Å². The van der Waals surface area contributed by atoms with Gasteiger partial charge in [0.2, 0.25) is 0 Å². The van der Waals surface area contributed by atoms with Gasteiger partial charge in [-0.15, -0.1) is 0 Å². The highest BCUT2D eigenvalue weighted by molar-refractivity contribution is 5.55. The molecule has 0 atom stereocenters. The van der Waals surface area contributed by atoms with E-state index in [9.17, 15) is 0 Å². The number of anilines is 1. The van der Waals surface area contributed by atoms with Gasteiger partial charge < -0.3 is 5.73 Å².